The highest BCUT2D eigenvalue weighted by atomic mass is 19.1. The molecule has 2 N–H and O–H groups in total. The average Bonchev–Trinajstić information content (AvgIpc) is 2.68. The first-order chi connectivity index (χ1) is 9.79. The van der Waals surface area contributed by atoms with E-state index < -0.39 is 0 Å². The first-order valence-electron chi connectivity index (χ1n) is 7.09. The standard InChI is InChI=1S/C17H19FN2/c18-16-9-3-7-14(11-19)17(16)20-10-4-8-13-5-1-2-6-15(13)12-20/h1-3,5-7,9H,4,8,10-12,19H2. The molecule has 20 heavy (non-hydrogen) atoms. The SMILES string of the molecule is NCc1cccc(F)c1N1CCCc2ccccc2C1. The van der Waals surface area contributed by atoms with Crippen molar-refractivity contribution in [2.24, 2.45) is 5.73 Å². The van der Waals surface area contributed by atoms with Crippen LogP contribution >= 0.6 is 0 Å². The Balaban J connectivity index is 2.00. The summed E-state index contributed by atoms with van der Waals surface area (Å²) >= 11 is 0. The zero-order valence-corrected chi connectivity index (χ0v) is 11.5. The molecule has 1 aliphatic rings. The second-order valence-corrected chi connectivity index (χ2v) is 5.25. The van der Waals surface area contributed by atoms with E-state index >= 15 is 0 Å². The van der Waals surface area contributed by atoms with Crippen LogP contribution in [0.2, 0.25) is 0 Å². The molecule has 2 aromatic rings. The van der Waals surface area contributed by atoms with Crippen LogP contribution < -0.4 is 10.6 Å². The Labute approximate surface area is 119 Å². The van der Waals surface area contributed by atoms with Crippen LogP contribution in [0, 0.1) is 5.82 Å². The van der Waals surface area contributed by atoms with E-state index in [2.05, 4.69) is 23.1 Å². The molecule has 0 saturated heterocycles. The lowest BCUT2D eigenvalue weighted by Gasteiger charge is -2.26. The normalized spacial score (nSPS) is 14.8. The van der Waals surface area contributed by atoms with E-state index in [-0.39, 0.29) is 5.82 Å². The van der Waals surface area contributed by atoms with Crippen LogP contribution in [0.1, 0.15) is 23.1 Å². The number of aryl methyl sites for hydroxylation is 1. The van der Waals surface area contributed by atoms with Gasteiger partial charge in [0.15, 0.2) is 0 Å². The quantitative estimate of drug-likeness (QED) is 0.907. The summed E-state index contributed by atoms with van der Waals surface area (Å²) in [4.78, 5) is 2.13. The van der Waals surface area contributed by atoms with Crippen molar-refractivity contribution in [1.82, 2.24) is 0 Å². The number of anilines is 1. The van der Waals surface area contributed by atoms with Crippen LogP contribution in [0.25, 0.3) is 0 Å². The zero-order valence-electron chi connectivity index (χ0n) is 11.5. The number of halogens is 1. The molecule has 0 unspecified atom stereocenters. The Morgan fingerprint density at radius 3 is 2.65 bits per heavy atom. The Kier molecular flexibility index (Phi) is 3.70. The number of hydrogen-bond donors (Lipinski definition) is 1. The summed E-state index contributed by atoms with van der Waals surface area (Å²) in [5.74, 6) is -0.174. The molecule has 1 heterocycles. The molecule has 3 heteroatoms. The summed E-state index contributed by atoms with van der Waals surface area (Å²) in [5, 5.41) is 0. The summed E-state index contributed by atoms with van der Waals surface area (Å²) in [5.41, 5.74) is 9.98. The maximum Gasteiger partial charge on any atom is 0.146 e. The Bertz CT molecular complexity index is 610. The van der Waals surface area contributed by atoms with Crippen molar-refractivity contribution in [3.8, 4) is 0 Å². The molecule has 2 aromatic carbocycles. The van der Waals surface area contributed by atoms with E-state index in [0.717, 1.165) is 31.5 Å². The van der Waals surface area contributed by atoms with Gasteiger partial charge in [-0.1, -0.05) is 36.4 Å². The van der Waals surface area contributed by atoms with Crippen molar-refractivity contribution >= 4 is 5.69 Å². The fourth-order valence-electron chi connectivity index (χ4n) is 2.97. The predicted molar refractivity (Wildman–Crippen MR) is 80.1 cm³/mol. The Hall–Kier alpha value is -1.87. The van der Waals surface area contributed by atoms with Crippen molar-refractivity contribution < 1.29 is 4.39 Å². The molecule has 0 bridgehead atoms. The molecular weight excluding hydrogens is 251 g/mol. The molecule has 0 fully saturated rings. The number of nitrogens with zero attached hydrogens (tertiary/aromatic N) is 1. The first-order valence-corrected chi connectivity index (χ1v) is 7.09. The van der Waals surface area contributed by atoms with Gasteiger partial charge in [0.05, 0.1) is 5.69 Å². The lowest BCUT2D eigenvalue weighted by Crippen LogP contribution is -2.25. The van der Waals surface area contributed by atoms with E-state index in [1.165, 1.54) is 17.2 Å². The van der Waals surface area contributed by atoms with Crippen molar-refractivity contribution in [2.45, 2.75) is 25.9 Å². The van der Waals surface area contributed by atoms with Crippen molar-refractivity contribution in [1.29, 1.82) is 0 Å². The van der Waals surface area contributed by atoms with Gasteiger partial charge in [-0.2, -0.15) is 0 Å². The van der Waals surface area contributed by atoms with Crippen molar-refractivity contribution in [2.75, 3.05) is 11.4 Å². The lowest BCUT2D eigenvalue weighted by molar-refractivity contribution is 0.612. The van der Waals surface area contributed by atoms with Crippen LogP contribution in [-0.2, 0) is 19.5 Å². The maximum absolute atomic E-state index is 14.2. The molecule has 0 radical (unpaired) electrons. The van der Waals surface area contributed by atoms with Crippen LogP contribution in [0.4, 0.5) is 10.1 Å². The third-order valence-electron chi connectivity index (χ3n) is 3.96. The highest BCUT2D eigenvalue weighted by Crippen LogP contribution is 2.29. The van der Waals surface area contributed by atoms with Crippen LogP contribution in [0.15, 0.2) is 42.5 Å². The fraction of sp³-hybridized carbons (Fsp3) is 0.294. The number of rotatable bonds is 2. The zero-order chi connectivity index (χ0) is 13.9. The van der Waals surface area contributed by atoms with Crippen molar-refractivity contribution in [3.63, 3.8) is 0 Å². The lowest BCUT2D eigenvalue weighted by atomic mass is 10.0. The second-order valence-electron chi connectivity index (χ2n) is 5.25. The largest absolute Gasteiger partial charge is 0.365 e. The molecule has 0 spiro atoms. The maximum atomic E-state index is 14.2. The van der Waals surface area contributed by atoms with Crippen LogP contribution in [0.3, 0.4) is 0 Å². The molecule has 1 aliphatic heterocycles. The van der Waals surface area contributed by atoms with Gasteiger partial charge in [0.1, 0.15) is 5.82 Å². The van der Waals surface area contributed by atoms with Crippen LogP contribution in [-0.4, -0.2) is 6.54 Å². The molecule has 3 rings (SSSR count). The smallest absolute Gasteiger partial charge is 0.146 e. The predicted octanol–water partition coefficient (Wildman–Crippen LogP) is 3.24. The minimum atomic E-state index is -0.174. The van der Waals surface area contributed by atoms with E-state index in [9.17, 15) is 4.39 Å². The van der Waals surface area contributed by atoms with Crippen LogP contribution in [0.5, 0.6) is 0 Å². The average molecular weight is 270 g/mol. The number of benzene rings is 2. The molecule has 2 nitrogen and oxygen atoms in total. The summed E-state index contributed by atoms with van der Waals surface area (Å²) in [7, 11) is 0. The topological polar surface area (TPSA) is 29.3 Å². The van der Waals surface area contributed by atoms with Gasteiger partial charge >= 0.3 is 0 Å². The van der Waals surface area contributed by atoms with E-state index in [0.29, 0.717) is 12.2 Å². The Morgan fingerprint density at radius 1 is 1.05 bits per heavy atom. The Morgan fingerprint density at radius 2 is 1.85 bits per heavy atom. The fourth-order valence-corrected chi connectivity index (χ4v) is 2.97. The van der Waals surface area contributed by atoms with Gasteiger partial charge in [-0.3, -0.25) is 0 Å². The third kappa shape index (κ3) is 2.41. The molecule has 0 aliphatic carbocycles. The van der Waals surface area contributed by atoms with E-state index in [1.54, 1.807) is 6.07 Å². The number of nitrogens with two attached hydrogens (primary N) is 1. The summed E-state index contributed by atoms with van der Waals surface area (Å²) < 4.78 is 14.2. The van der Waals surface area contributed by atoms with Gasteiger partial charge in [0, 0.05) is 19.6 Å². The number of fused-ring (bicyclic) bond motifs is 1. The molecular formula is C17H19FN2. The van der Waals surface area contributed by atoms with Gasteiger partial charge in [-0.15, -0.1) is 0 Å². The summed E-state index contributed by atoms with van der Waals surface area (Å²) in [6, 6.07) is 13.6. The second kappa shape index (κ2) is 5.63. The van der Waals surface area contributed by atoms with Crippen molar-refractivity contribution in [3.05, 3.63) is 65.0 Å². The molecule has 104 valence electrons. The number of hydrogen-bond acceptors (Lipinski definition) is 2. The van der Waals surface area contributed by atoms with E-state index in [4.69, 9.17) is 5.73 Å². The first kappa shape index (κ1) is 13.1. The van der Waals surface area contributed by atoms with Gasteiger partial charge in [0.2, 0.25) is 0 Å². The van der Waals surface area contributed by atoms with Gasteiger partial charge in [-0.25, -0.2) is 4.39 Å². The van der Waals surface area contributed by atoms with E-state index in [1.807, 2.05) is 12.1 Å². The molecule has 0 aromatic heterocycles. The summed E-state index contributed by atoms with van der Waals surface area (Å²) in [6.07, 6.45) is 2.09. The molecule has 0 saturated carbocycles. The van der Waals surface area contributed by atoms with Gasteiger partial charge in [-0.05, 0) is 35.6 Å². The molecule has 0 amide bonds. The minimum absolute atomic E-state index is 0.174. The minimum Gasteiger partial charge on any atom is -0.365 e. The monoisotopic (exact) mass is 270 g/mol. The third-order valence-corrected chi connectivity index (χ3v) is 3.96. The summed E-state index contributed by atoms with van der Waals surface area (Å²) in [6.45, 7) is 1.98. The molecule has 0 atom stereocenters. The van der Waals surface area contributed by atoms with Gasteiger partial charge < -0.3 is 10.6 Å². The highest BCUT2D eigenvalue weighted by molar-refractivity contribution is 5.56. The van der Waals surface area contributed by atoms with Gasteiger partial charge in [0.25, 0.3) is 0 Å². The highest BCUT2D eigenvalue weighted by Gasteiger charge is 2.19. The number of para-hydroxylation sites is 1.